The maximum Gasteiger partial charge on any atom is 0.241 e. The van der Waals surface area contributed by atoms with Crippen LogP contribution in [0.25, 0.3) is 0 Å². The molecule has 0 unspecified atom stereocenters. The van der Waals surface area contributed by atoms with Crippen molar-refractivity contribution in [1.82, 2.24) is 10.2 Å². The quantitative estimate of drug-likeness (QED) is 0.790. The van der Waals surface area contributed by atoms with Gasteiger partial charge in [-0.1, -0.05) is 37.5 Å². The van der Waals surface area contributed by atoms with Crippen molar-refractivity contribution in [2.24, 2.45) is 11.8 Å². The molecule has 1 aliphatic heterocycles. The molecule has 0 spiro atoms. The van der Waals surface area contributed by atoms with Crippen molar-refractivity contribution >= 4 is 23.4 Å². The Morgan fingerprint density at radius 3 is 2.29 bits per heavy atom. The van der Waals surface area contributed by atoms with E-state index >= 15 is 0 Å². The molecule has 6 heteroatoms. The number of likely N-dealkylation sites (tertiary alicyclic amines) is 1. The lowest BCUT2D eigenvalue weighted by Crippen LogP contribution is -2.45. The molecule has 0 atom stereocenters. The number of piperidine rings is 1. The predicted molar refractivity (Wildman–Crippen MR) is 109 cm³/mol. The first-order valence-electron chi connectivity index (χ1n) is 10.5. The molecule has 28 heavy (non-hydrogen) atoms. The second-order valence-electron chi connectivity index (χ2n) is 8.00. The molecule has 1 aromatic carbocycles. The third-order valence-corrected chi connectivity index (χ3v) is 5.90. The van der Waals surface area contributed by atoms with E-state index in [9.17, 15) is 14.4 Å². The summed E-state index contributed by atoms with van der Waals surface area (Å²) in [6.07, 6.45) is 7.79. The number of carbonyl (C=O) groups is 3. The van der Waals surface area contributed by atoms with Crippen molar-refractivity contribution in [3.63, 3.8) is 0 Å². The second kappa shape index (κ2) is 10.2. The van der Waals surface area contributed by atoms with Crippen LogP contribution < -0.4 is 10.6 Å². The molecule has 0 bridgehead atoms. The normalized spacial score (nSPS) is 18.5. The lowest BCUT2D eigenvalue weighted by Gasteiger charge is -2.31. The largest absolute Gasteiger partial charge is 0.347 e. The fourth-order valence-electron chi connectivity index (χ4n) is 4.17. The number of rotatable bonds is 6. The molecule has 3 rings (SSSR count). The zero-order valence-corrected chi connectivity index (χ0v) is 16.5. The van der Waals surface area contributed by atoms with Gasteiger partial charge in [-0.3, -0.25) is 14.4 Å². The van der Waals surface area contributed by atoms with Crippen LogP contribution in [-0.2, 0) is 14.4 Å². The van der Waals surface area contributed by atoms with Crippen LogP contribution in [0.2, 0.25) is 0 Å². The lowest BCUT2D eigenvalue weighted by molar-refractivity contribution is -0.135. The highest BCUT2D eigenvalue weighted by atomic mass is 16.2. The summed E-state index contributed by atoms with van der Waals surface area (Å²) in [5, 5.41) is 5.72. The van der Waals surface area contributed by atoms with Crippen molar-refractivity contribution in [1.29, 1.82) is 0 Å². The fourth-order valence-corrected chi connectivity index (χ4v) is 4.17. The van der Waals surface area contributed by atoms with Gasteiger partial charge in [0.15, 0.2) is 0 Å². The van der Waals surface area contributed by atoms with Crippen LogP contribution in [0.15, 0.2) is 30.3 Å². The van der Waals surface area contributed by atoms with Gasteiger partial charge in [0, 0.05) is 31.1 Å². The topological polar surface area (TPSA) is 78.5 Å². The molecule has 2 aliphatic rings. The van der Waals surface area contributed by atoms with Gasteiger partial charge in [0.05, 0.1) is 6.54 Å². The monoisotopic (exact) mass is 385 g/mol. The average molecular weight is 386 g/mol. The van der Waals surface area contributed by atoms with E-state index in [-0.39, 0.29) is 30.2 Å². The average Bonchev–Trinajstić information content (AvgIpc) is 2.73. The molecule has 152 valence electrons. The molecular formula is C22H31N3O3. The van der Waals surface area contributed by atoms with Gasteiger partial charge in [0.2, 0.25) is 17.7 Å². The first-order valence-corrected chi connectivity index (χ1v) is 10.5. The summed E-state index contributed by atoms with van der Waals surface area (Å²) in [7, 11) is 0. The highest BCUT2D eigenvalue weighted by Gasteiger charge is 2.27. The van der Waals surface area contributed by atoms with E-state index in [1.165, 1.54) is 19.3 Å². The van der Waals surface area contributed by atoms with E-state index in [1.807, 2.05) is 30.3 Å². The lowest BCUT2D eigenvalue weighted by atomic mass is 9.87. The Hall–Kier alpha value is -2.37. The van der Waals surface area contributed by atoms with Crippen LogP contribution in [0.5, 0.6) is 0 Å². The smallest absolute Gasteiger partial charge is 0.241 e. The predicted octanol–water partition coefficient (Wildman–Crippen LogP) is 2.95. The van der Waals surface area contributed by atoms with Gasteiger partial charge in [-0.25, -0.2) is 0 Å². The molecule has 0 radical (unpaired) electrons. The highest BCUT2D eigenvalue weighted by molar-refractivity contribution is 5.92. The molecule has 2 N–H and O–H groups in total. The molecule has 0 aromatic heterocycles. The SMILES string of the molecule is O=C(CC1CCCCC1)NCC(=O)N1CCC(C(=O)Nc2ccccc2)CC1. The minimum atomic E-state index is -0.0786. The van der Waals surface area contributed by atoms with E-state index in [4.69, 9.17) is 0 Å². The van der Waals surface area contributed by atoms with Crippen molar-refractivity contribution < 1.29 is 14.4 Å². The summed E-state index contributed by atoms with van der Waals surface area (Å²) in [6.45, 7) is 1.18. The van der Waals surface area contributed by atoms with Crippen LogP contribution >= 0.6 is 0 Å². The van der Waals surface area contributed by atoms with Crippen LogP contribution in [0, 0.1) is 11.8 Å². The Kier molecular flexibility index (Phi) is 7.46. The van der Waals surface area contributed by atoms with Gasteiger partial charge in [-0.15, -0.1) is 0 Å². The standard InChI is InChI=1S/C22H31N3O3/c26-20(15-17-7-3-1-4-8-17)23-16-21(27)25-13-11-18(12-14-25)22(28)24-19-9-5-2-6-10-19/h2,5-6,9-10,17-18H,1,3-4,7-8,11-16H2,(H,23,26)(H,24,28). The van der Waals surface area contributed by atoms with Crippen molar-refractivity contribution in [2.75, 3.05) is 25.0 Å². The maximum atomic E-state index is 12.4. The van der Waals surface area contributed by atoms with Gasteiger partial charge in [-0.2, -0.15) is 0 Å². The van der Waals surface area contributed by atoms with Crippen molar-refractivity contribution in [2.45, 2.75) is 51.4 Å². The molecule has 1 heterocycles. The highest BCUT2D eigenvalue weighted by Crippen LogP contribution is 2.26. The molecule has 2 fully saturated rings. The Bertz CT molecular complexity index is 663. The molecule has 6 nitrogen and oxygen atoms in total. The number of para-hydroxylation sites is 1. The summed E-state index contributed by atoms with van der Waals surface area (Å²) >= 11 is 0. The van der Waals surface area contributed by atoms with Gasteiger partial charge in [0.25, 0.3) is 0 Å². The summed E-state index contributed by atoms with van der Waals surface area (Å²) in [6, 6.07) is 9.42. The van der Waals surface area contributed by atoms with Crippen LogP contribution in [0.3, 0.4) is 0 Å². The van der Waals surface area contributed by atoms with Crippen LogP contribution in [0.1, 0.15) is 51.4 Å². The Morgan fingerprint density at radius 1 is 0.929 bits per heavy atom. The van der Waals surface area contributed by atoms with E-state index in [1.54, 1.807) is 4.90 Å². The summed E-state index contributed by atoms with van der Waals surface area (Å²) in [5.74, 6) is 0.336. The Balaban J connectivity index is 1.35. The van der Waals surface area contributed by atoms with E-state index in [0.717, 1.165) is 18.5 Å². The molecule has 1 aromatic rings. The van der Waals surface area contributed by atoms with Crippen LogP contribution in [-0.4, -0.2) is 42.3 Å². The number of nitrogens with one attached hydrogen (secondary N) is 2. The maximum absolute atomic E-state index is 12.4. The summed E-state index contributed by atoms with van der Waals surface area (Å²) in [4.78, 5) is 38.6. The van der Waals surface area contributed by atoms with Gasteiger partial charge < -0.3 is 15.5 Å². The molecule has 1 saturated carbocycles. The third-order valence-electron chi connectivity index (χ3n) is 5.90. The number of carbonyl (C=O) groups excluding carboxylic acids is 3. The molecule has 3 amide bonds. The number of hydrogen-bond donors (Lipinski definition) is 2. The number of nitrogens with zero attached hydrogens (tertiary/aromatic N) is 1. The summed E-state index contributed by atoms with van der Waals surface area (Å²) in [5.41, 5.74) is 0.798. The van der Waals surface area contributed by atoms with Crippen LogP contribution in [0.4, 0.5) is 5.69 Å². The number of anilines is 1. The second-order valence-corrected chi connectivity index (χ2v) is 8.00. The number of hydrogen-bond acceptors (Lipinski definition) is 3. The first-order chi connectivity index (χ1) is 13.6. The number of benzene rings is 1. The van der Waals surface area contributed by atoms with E-state index < -0.39 is 0 Å². The third kappa shape index (κ3) is 6.08. The summed E-state index contributed by atoms with van der Waals surface area (Å²) < 4.78 is 0. The number of amides is 3. The molecular weight excluding hydrogens is 354 g/mol. The Labute approximate surface area is 167 Å². The Morgan fingerprint density at radius 2 is 1.61 bits per heavy atom. The minimum Gasteiger partial charge on any atom is -0.347 e. The fraction of sp³-hybridized carbons (Fsp3) is 0.591. The van der Waals surface area contributed by atoms with Gasteiger partial charge >= 0.3 is 0 Å². The van der Waals surface area contributed by atoms with Crippen molar-refractivity contribution in [3.8, 4) is 0 Å². The van der Waals surface area contributed by atoms with Gasteiger partial charge in [-0.05, 0) is 43.7 Å². The first kappa shape index (κ1) is 20.4. The minimum absolute atomic E-state index is 0.0130. The molecule has 1 aliphatic carbocycles. The van der Waals surface area contributed by atoms with E-state index in [2.05, 4.69) is 10.6 Å². The van der Waals surface area contributed by atoms with E-state index in [0.29, 0.717) is 38.3 Å². The van der Waals surface area contributed by atoms with Crippen molar-refractivity contribution in [3.05, 3.63) is 30.3 Å². The molecule has 1 saturated heterocycles. The zero-order valence-electron chi connectivity index (χ0n) is 16.5. The zero-order chi connectivity index (χ0) is 19.8. The van der Waals surface area contributed by atoms with Gasteiger partial charge in [0.1, 0.15) is 0 Å².